The van der Waals surface area contributed by atoms with Crippen LogP contribution in [0.1, 0.15) is 18.3 Å². The average Bonchev–Trinajstić information content (AvgIpc) is 2.41. The molecule has 0 aliphatic rings. The van der Waals surface area contributed by atoms with E-state index in [1.54, 1.807) is 12.4 Å². The Morgan fingerprint density at radius 1 is 1.17 bits per heavy atom. The molecule has 1 heterocycles. The number of rotatable bonds is 5. The Morgan fingerprint density at radius 3 is 2.61 bits per heavy atom. The first-order chi connectivity index (χ1) is 8.79. The second-order valence-corrected chi connectivity index (χ2v) is 3.99. The summed E-state index contributed by atoms with van der Waals surface area (Å²) in [5, 5.41) is 0. The molecule has 18 heavy (non-hydrogen) atoms. The van der Waals surface area contributed by atoms with Crippen LogP contribution in [0.2, 0.25) is 0 Å². The zero-order valence-corrected chi connectivity index (χ0v) is 10.5. The molecule has 0 spiro atoms. The summed E-state index contributed by atoms with van der Waals surface area (Å²) in [7, 11) is 0. The molecule has 0 atom stereocenters. The van der Waals surface area contributed by atoms with Crippen molar-refractivity contribution in [2.75, 3.05) is 12.3 Å². The Morgan fingerprint density at radius 2 is 1.89 bits per heavy atom. The zero-order chi connectivity index (χ0) is 12.8. The van der Waals surface area contributed by atoms with Gasteiger partial charge in [-0.25, -0.2) is 9.97 Å². The molecule has 94 valence electrons. The predicted molar refractivity (Wildman–Crippen MR) is 71.5 cm³/mol. The van der Waals surface area contributed by atoms with Crippen LogP contribution >= 0.6 is 0 Å². The third-order valence-corrected chi connectivity index (χ3v) is 2.66. The average molecular weight is 243 g/mol. The van der Waals surface area contributed by atoms with Crippen LogP contribution in [0.5, 0.6) is 5.75 Å². The lowest BCUT2D eigenvalue weighted by molar-refractivity contribution is 0.316. The van der Waals surface area contributed by atoms with Gasteiger partial charge >= 0.3 is 0 Å². The highest BCUT2D eigenvalue weighted by Gasteiger charge is 2.01. The van der Waals surface area contributed by atoms with E-state index >= 15 is 0 Å². The van der Waals surface area contributed by atoms with E-state index in [1.807, 2.05) is 18.2 Å². The maximum atomic E-state index is 5.75. The van der Waals surface area contributed by atoms with E-state index < -0.39 is 0 Å². The maximum absolute atomic E-state index is 5.75. The van der Waals surface area contributed by atoms with E-state index in [9.17, 15) is 0 Å². The van der Waals surface area contributed by atoms with Crippen molar-refractivity contribution in [1.29, 1.82) is 0 Å². The van der Waals surface area contributed by atoms with Crippen LogP contribution < -0.4 is 10.5 Å². The third kappa shape index (κ3) is 3.20. The molecule has 2 N–H and O–H groups in total. The molecule has 1 aromatic carbocycles. The van der Waals surface area contributed by atoms with Gasteiger partial charge < -0.3 is 10.5 Å². The molecule has 0 saturated carbocycles. The Hall–Kier alpha value is -2.10. The molecule has 0 radical (unpaired) electrons. The molecule has 2 aromatic rings. The SMILES string of the molecule is CCc1ccccc1OCCc1ncc(N)cn1. The Balaban J connectivity index is 1.90. The van der Waals surface area contributed by atoms with E-state index in [4.69, 9.17) is 10.5 Å². The molecule has 0 saturated heterocycles. The number of aryl methyl sites for hydroxylation is 1. The number of aromatic nitrogens is 2. The number of nitrogen functional groups attached to an aromatic ring is 1. The van der Waals surface area contributed by atoms with Crippen LogP contribution in [-0.2, 0) is 12.8 Å². The van der Waals surface area contributed by atoms with Gasteiger partial charge in [0.1, 0.15) is 11.6 Å². The van der Waals surface area contributed by atoms with Crippen LogP contribution in [0.3, 0.4) is 0 Å². The third-order valence-electron chi connectivity index (χ3n) is 2.66. The summed E-state index contributed by atoms with van der Waals surface area (Å²) in [6.07, 6.45) is 4.87. The van der Waals surface area contributed by atoms with Crippen molar-refractivity contribution in [1.82, 2.24) is 9.97 Å². The van der Waals surface area contributed by atoms with Crippen LogP contribution in [-0.4, -0.2) is 16.6 Å². The van der Waals surface area contributed by atoms with Crippen LogP contribution in [0.15, 0.2) is 36.7 Å². The van der Waals surface area contributed by atoms with E-state index in [-0.39, 0.29) is 0 Å². The lowest BCUT2D eigenvalue weighted by Crippen LogP contribution is -2.06. The summed E-state index contributed by atoms with van der Waals surface area (Å²) < 4.78 is 5.75. The maximum Gasteiger partial charge on any atom is 0.131 e. The van der Waals surface area contributed by atoms with Crippen molar-refractivity contribution < 1.29 is 4.74 Å². The molecule has 0 bridgehead atoms. The molecule has 0 unspecified atom stereocenters. The normalized spacial score (nSPS) is 10.3. The minimum atomic E-state index is 0.570. The molecule has 0 fully saturated rings. The molecular formula is C14H17N3O. The van der Waals surface area contributed by atoms with Gasteiger partial charge in [0.15, 0.2) is 0 Å². The minimum Gasteiger partial charge on any atom is -0.493 e. The number of benzene rings is 1. The Bertz CT molecular complexity index is 497. The van der Waals surface area contributed by atoms with Crippen molar-refractivity contribution in [3.63, 3.8) is 0 Å². The van der Waals surface area contributed by atoms with Gasteiger partial charge in [-0.1, -0.05) is 25.1 Å². The zero-order valence-electron chi connectivity index (χ0n) is 10.5. The first-order valence-electron chi connectivity index (χ1n) is 6.06. The molecule has 0 aliphatic heterocycles. The lowest BCUT2D eigenvalue weighted by atomic mass is 10.1. The molecule has 4 nitrogen and oxygen atoms in total. The van der Waals surface area contributed by atoms with Crippen molar-refractivity contribution in [3.05, 3.63) is 48.0 Å². The second kappa shape index (κ2) is 6.00. The van der Waals surface area contributed by atoms with Gasteiger partial charge in [0.2, 0.25) is 0 Å². The fourth-order valence-electron chi connectivity index (χ4n) is 1.68. The standard InChI is InChI=1S/C14H17N3O/c1-2-11-5-3-4-6-13(11)18-8-7-14-16-9-12(15)10-17-14/h3-6,9-10H,2,7-8,15H2,1H3. The molecule has 4 heteroatoms. The molecule has 0 amide bonds. The van der Waals surface area contributed by atoms with Crippen molar-refractivity contribution in [3.8, 4) is 5.75 Å². The monoisotopic (exact) mass is 243 g/mol. The number of nitrogens with zero attached hydrogens (tertiary/aromatic N) is 2. The highest BCUT2D eigenvalue weighted by Crippen LogP contribution is 2.18. The van der Waals surface area contributed by atoms with Gasteiger partial charge in [-0.2, -0.15) is 0 Å². The lowest BCUT2D eigenvalue weighted by Gasteiger charge is -2.09. The summed E-state index contributed by atoms with van der Waals surface area (Å²) in [6, 6.07) is 8.07. The van der Waals surface area contributed by atoms with Crippen molar-refractivity contribution in [2.45, 2.75) is 19.8 Å². The van der Waals surface area contributed by atoms with Gasteiger partial charge in [-0.3, -0.25) is 0 Å². The summed E-state index contributed by atoms with van der Waals surface area (Å²) in [4.78, 5) is 8.27. The summed E-state index contributed by atoms with van der Waals surface area (Å²) in [5.41, 5.74) is 7.33. The number of para-hydroxylation sites is 1. The van der Waals surface area contributed by atoms with Crippen molar-refractivity contribution in [2.24, 2.45) is 0 Å². The van der Waals surface area contributed by atoms with Crippen LogP contribution in [0, 0.1) is 0 Å². The largest absolute Gasteiger partial charge is 0.493 e. The first kappa shape index (κ1) is 12.4. The Labute approximate surface area is 107 Å². The minimum absolute atomic E-state index is 0.570. The van der Waals surface area contributed by atoms with E-state index in [2.05, 4.69) is 23.0 Å². The van der Waals surface area contributed by atoms with Gasteiger partial charge in [-0.15, -0.1) is 0 Å². The molecule has 1 aromatic heterocycles. The summed E-state index contributed by atoms with van der Waals surface area (Å²) in [6.45, 7) is 2.69. The van der Waals surface area contributed by atoms with E-state index in [0.29, 0.717) is 18.7 Å². The fourth-order valence-corrected chi connectivity index (χ4v) is 1.68. The fraction of sp³-hybridized carbons (Fsp3) is 0.286. The highest BCUT2D eigenvalue weighted by molar-refractivity contribution is 5.33. The van der Waals surface area contributed by atoms with Crippen LogP contribution in [0.25, 0.3) is 0 Å². The van der Waals surface area contributed by atoms with Crippen molar-refractivity contribution >= 4 is 5.69 Å². The number of hydrogen-bond acceptors (Lipinski definition) is 4. The second-order valence-electron chi connectivity index (χ2n) is 3.99. The smallest absolute Gasteiger partial charge is 0.131 e. The topological polar surface area (TPSA) is 61.0 Å². The molecular weight excluding hydrogens is 226 g/mol. The molecule has 0 aliphatic carbocycles. The number of anilines is 1. The number of hydrogen-bond donors (Lipinski definition) is 1. The van der Waals surface area contributed by atoms with E-state index in [1.165, 1.54) is 5.56 Å². The van der Waals surface area contributed by atoms with Gasteiger partial charge in [0.25, 0.3) is 0 Å². The summed E-state index contributed by atoms with van der Waals surface area (Å²) >= 11 is 0. The summed E-state index contributed by atoms with van der Waals surface area (Å²) in [5.74, 6) is 1.69. The van der Waals surface area contributed by atoms with Gasteiger partial charge in [-0.05, 0) is 18.1 Å². The number of nitrogens with two attached hydrogens (primary N) is 1. The molecule has 2 rings (SSSR count). The quantitative estimate of drug-likeness (QED) is 0.874. The van der Waals surface area contributed by atoms with Gasteiger partial charge in [0, 0.05) is 6.42 Å². The Kier molecular flexibility index (Phi) is 4.12. The van der Waals surface area contributed by atoms with E-state index in [0.717, 1.165) is 18.0 Å². The number of ether oxygens (including phenoxy) is 1. The highest BCUT2D eigenvalue weighted by atomic mass is 16.5. The van der Waals surface area contributed by atoms with Gasteiger partial charge in [0.05, 0.1) is 24.7 Å². The van der Waals surface area contributed by atoms with Crippen LogP contribution in [0.4, 0.5) is 5.69 Å². The predicted octanol–water partition coefficient (Wildman–Crippen LogP) is 2.24. The first-order valence-corrected chi connectivity index (χ1v) is 6.06.